The van der Waals surface area contributed by atoms with Crippen molar-refractivity contribution in [3.8, 4) is 0 Å². The molecule has 1 heterocycles. The Morgan fingerprint density at radius 2 is 1.86 bits per heavy atom. The largest absolute Gasteiger partial charge is 0.334 e. The highest BCUT2D eigenvalue weighted by molar-refractivity contribution is 5.89. The Hall–Kier alpha value is -2.88. The highest BCUT2D eigenvalue weighted by atomic mass is 16.2. The first kappa shape index (κ1) is 13.1. The Labute approximate surface area is 122 Å². The highest BCUT2D eigenvalue weighted by Gasteiger charge is 2.02. The van der Waals surface area contributed by atoms with Crippen molar-refractivity contribution in [1.29, 1.82) is 0 Å². The number of nitrogens with zero attached hydrogens (tertiary/aromatic N) is 1. The Balaban J connectivity index is 1.62. The maximum atomic E-state index is 11.8. The number of urea groups is 1. The lowest BCUT2D eigenvalue weighted by molar-refractivity contribution is 0.251. The van der Waals surface area contributed by atoms with E-state index in [1.807, 2.05) is 60.7 Å². The first-order valence-corrected chi connectivity index (χ1v) is 6.75. The molecule has 0 aliphatic heterocycles. The molecule has 2 aromatic carbocycles. The lowest BCUT2D eigenvalue weighted by Crippen LogP contribution is -2.28. The van der Waals surface area contributed by atoms with E-state index in [4.69, 9.17) is 0 Å². The molecule has 4 heteroatoms. The minimum absolute atomic E-state index is 0.215. The van der Waals surface area contributed by atoms with Crippen LogP contribution in [-0.4, -0.2) is 11.0 Å². The van der Waals surface area contributed by atoms with Crippen LogP contribution in [0.25, 0.3) is 10.9 Å². The molecule has 0 aliphatic carbocycles. The van der Waals surface area contributed by atoms with Crippen LogP contribution in [0.3, 0.4) is 0 Å². The number of rotatable bonds is 3. The number of fused-ring (bicyclic) bond motifs is 1. The summed E-state index contributed by atoms with van der Waals surface area (Å²) in [6, 6.07) is 19.0. The first-order valence-electron chi connectivity index (χ1n) is 6.75. The van der Waals surface area contributed by atoms with Crippen molar-refractivity contribution < 1.29 is 4.79 Å². The second-order valence-corrected chi connectivity index (χ2v) is 4.70. The Kier molecular flexibility index (Phi) is 3.78. The average Bonchev–Trinajstić information content (AvgIpc) is 2.54. The minimum atomic E-state index is -0.215. The van der Waals surface area contributed by atoms with Crippen LogP contribution in [0.5, 0.6) is 0 Å². The Bertz CT molecular complexity index is 756. The van der Waals surface area contributed by atoms with E-state index in [0.717, 1.165) is 22.2 Å². The van der Waals surface area contributed by atoms with Crippen LogP contribution in [-0.2, 0) is 6.54 Å². The van der Waals surface area contributed by atoms with Crippen LogP contribution in [0.4, 0.5) is 10.5 Å². The van der Waals surface area contributed by atoms with E-state index in [9.17, 15) is 4.79 Å². The second-order valence-electron chi connectivity index (χ2n) is 4.70. The molecule has 3 aromatic rings. The molecule has 0 aliphatic rings. The third-order valence-corrected chi connectivity index (χ3v) is 3.15. The summed E-state index contributed by atoms with van der Waals surface area (Å²) in [5.41, 5.74) is 2.77. The van der Waals surface area contributed by atoms with E-state index >= 15 is 0 Å². The molecule has 0 spiro atoms. The summed E-state index contributed by atoms with van der Waals surface area (Å²) in [5.74, 6) is 0. The van der Waals surface area contributed by atoms with Gasteiger partial charge in [0.1, 0.15) is 0 Å². The SMILES string of the molecule is O=C(NCc1ccc2ncccc2c1)Nc1ccccc1. The zero-order valence-electron chi connectivity index (χ0n) is 11.4. The van der Waals surface area contributed by atoms with Gasteiger partial charge < -0.3 is 10.6 Å². The van der Waals surface area contributed by atoms with Crippen molar-refractivity contribution in [1.82, 2.24) is 10.3 Å². The van der Waals surface area contributed by atoms with E-state index in [1.54, 1.807) is 6.20 Å². The molecule has 21 heavy (non-hydrogen) atoms. The third kappa shape index (κ3) is 3.36. The molecule has 0 radical (unpaired) electrons. The van der Waals surface area contributed by atoms with E-state index < -0.39 is 0 Å². The van der Waals surface area contributed by atoms with Crippen molar-refractivity contribution in [2.75, 3.05) is 5.32 Å². The molecule has 104 valence electrons. The lowest BCUT2D eigenvalue weighted by Gasteiger charge is -2.08. The van der Waals surface area contributed by atoms with Gasteiger partial charge in [-0.2, -0.15) is 0 Å². The van der Waals surface area contributed by atoms with E-state index in [-0.39, 0.29) is 6.03 Å². The van der Waals surface area contributed by atoms with Crippen molar-refractivity contribution in [3.05, 3.63) is 72.4 Å². The zero-order chi connectivity index (χ0) is 14.5. The summed E-state index contributed by atoms with van der Waals surface area (Å²) in [6.07, 6.45) is 1.77. The predicted octanol–water partition coefficient (Wildman–Crippen LogP) is 3.56. The van der Waals surface area contributed by atoms with Crippen LogP contribution in [0, 0.1) is 0 Å². The normalized spacial score (nSPS) is 10.3. The lowest BCUT2D eigenvalue weighted by atomic mass is 10.1. The van der Waals surface area contributed by atoms with Gasteiger partial charge in [-0.15, -0.1) is 0 Å². The van der Waals surface area contributed by atoms with Gasteiger partial charge in [0, 0.05) is 23.8 Å². The number of anilines is 1. The second kappa shape index (κ2) is 6.05. The molecule has 0 atom stereocenters. The standard InChI is InChI=1S/C17H15N3O/c21-17(20-15-6-2-1-3-7-15)19-12-13-8-9-16-14(11-13)5-4-10-18-16/h1-11H,12H2,(H2,19,20,21). The fourth-order valence-electron chi connectivity index (χ4n) is 2.11. The molecule has 2 amide bonds. The van der Waals surface area contributed by atoms with E-state index in [0.29, 0.717) is 6.54 Å². The van der Waals surface area contributed by atoms with Gasteiger partial charge in [-0.3, -0.25) is 4.98 Å². The molecule has 0 fully saturated rings. The zero-order valence-corrected chi connectivity index (χ0v) is 11.4. The third-order valence-electron chi connectivity index (χ3n) is 3.15. The fraction of sp³-hybridized carbons (Fsp3) is 0.0588. The van der Waals surface area contributed by atoms with Gasteiger partial charge in [0.15, 0.2) is 0 Å². The van der Waals surface area contributed by atoms with Gasteiger partial charge >= 0.3 is 6.03 Å². The molecular formula is C17H15N3O. The van der Waals surface area contributed by atoms with Crippen molar-refractivity contribution in [2.24, 2.45) is 0 Å². The van der Waals surface area contributed by atoms with Crippen molar-refractivity contribution in [3.63, 3.8) is 0 Å². The quantitative estimate of drug-likeness (QED) is 0.769. The van der Waals surface area contributed by atoms with Crippen molar-refractivity contribution >= 4 is 22.6 Å². The minimum Gasteiger partial charge on any atom is -0.334 e. The summed E-state index contributed by atoms with van der Waals surface area (Å²) in [6.45, 7) is 0.476. The fourth-order valence-corrected chi connectivity index (χ4v) is 2.11. The number of pyridine rings is 1. The van der Waals surface area contributed by atoms with Gasteiger partial charge in [-0.25, -0.2) is 4.79 Å². The van der Waals surface area contributed by atoms with Gasteiger partial charge in [0.05, 0.1) is 5.52 Å². The molecule has 1 aromatic heterocycles. The molecule has 3 rings (SSSR count). The molecule has 4 nitrogen and oxygen atoms in total. The number of hydrogen-bond acceptors (Lipinski definition) is 2. The van der Waals surface area contributed by atoms with Gasteiger partial charge in [-0.1, -0.05) is 30.3 Å². The summed E-state index contributed by atoms with van der Waals surface area (Å²) in [5, 5.41) is 6.70. The maximum absolute atomic E-state index is 11.8. The summed E-state index contributed by atoms with van der Waals surface area (Å²) < 4.78 is 0. The van der Waals surface area contributed by atoms with E-state index in [1.165, 1.54) is 0 Å². The van der Waals surface area contributed by atoms with Gasteiger partial charge in [-0.05, 0) is 35.9 Å². The first-order chi connectivity index (χ1) is 10.3. The van der Waals surface area contributed by atoms with Crippen LogP contribution in [0.15, 0.2) is 66.9 Å². The number of amides is 2. The van der Waals surface area contributed by atoms with E-state index in [2.05, 4.69) is 15.6 Å². The molecular weight excluding hydrogens is 262 g/mol. The van der Waals surface area contributed by atoms with Crippen LogP contribution < -0.4 is 10.6 Å². The molecule has 0 bridgehead atoms. The summed E-state index contributed by atoms with van der Waals surface area (Å²) in [4.78, 5) is 16.1. The highest BCUT2D eigenvalue weighted by Crippen LogP contribution is 2.13. The molecule has 0 saturated carbocycles. The average molecular weight is 277 g/mol. The van der Waals surface area contributed by atoms with Crippen molar-refractivity contribution in [2.45, 2.75) is 6.54 Å². The smallest absolute Gasteiger partial charge is 0.319 e. The number of hydrogen-bond donors (Lipinski definition) is 2. The number of benzene rings is 2. The summed E-state index contributed by atoms with van der Waals surface area (Å²) >= 11 is 0. The predicted molar refractivity (Wildman–Crippen MR) is 84.0 cm³/mol. The Morgan fingerprint density at radius 3 is 2.71 bits per heavy atom. The molecule has 2 N–H and O–H groups in total. The topological polar surface area (TPSA) is 54.0 Å². The number of aromatic nitrogens is 1. The van der Waals surface area contributed by atoms with Crippen LogP contribution >= 0.6 is 0 Å². The Morgan fingerprint density at radius 1 is 1.00 bits per heavy atom. The molecule has 0 saturated heterocycles. The number of carbonyl (C=O) groups is 1. The number of carbonyl (C=O) groups excluding carboxylic acids is 1. The molecule has 0 unspecified atom stereocenters. The van der Waals surface area contributed by atoms with Gasteiger partial charge in [0.25, 0.3) is 0 Å². The van der Waals surface area contributed by atoms with Gasteiger partial charge in [0.2, 0.25) is 0 Å². The van der Waals surface area contributed by atoms with Crippen LogP contribution in [0.2, 0.25) is 0 Å². The maximum Gasteiger partial charge on any atom is 0.319 e. The monoisotopic (exact) mass is 277 g/mol. The van der Waals surface area contributed by atoms with Crippen LogP contribution in [0.1, 0.15) is 5.56 Å². The summed E-state index contributed by atoms with van der Waals surface area (Å²) in [7, 11) is 0. The number of nitrogens with one attached hydrogen (secondary N) is 2. The number of para-hydroxylation sites is 1.